The molecule has 25 heavy (non-hydrogen) atoms. The van der Waals surface area contributed by atoms with E-state index in [1.165, 1.54) is 5.56 Å². The molecule has 0 unspecified atom stereocenters. The van der Waals surface area contributed by atoms with Crippen LogP contribution in [0.15, 0.2) is 41.7 Å². The van der Waals surface area contributed by atoms with Crippen molar-refractivity contribution in [1.82, 2.24) is 10.6 Å². The van der Waals surface area contributed by atoms with Crippen molar-refractivity contribution in [2.45, 2.75) is 63.1 Å². The van der Waals surface area contributed by atoms with Crippen molar-refractivity contribution in [1.29, 1.82) is 0 Å². The second kappa shape index (κ2) is 5.84. The minimum Gasteiger partial charge on any atom is -0.472 e. The van der Waals surface area contributed by atoms with Gasteiger partial charge in [-0.25, -0.2) is 0 Å². The van der Waals surface area contributed by atoms with Gasteiger partial charge in [0, 0.05) is 42.7 Å². The first-order valence-electron chi connectivity index (χ1n) is 8.98. The number of hydrogen-bond donors (Lipinski definition) is 2. The zero-order valence-electron chi connectivity index (χ0n) is 14.7. The molecule has 2 atom stereocenters. The number of ketones is 1. The van der Waals surface area contributed by atoms with Gasteiger partial charge in [0.15, 0.2) is 16.6 Å². The Bertz CT molecular complexity index is 756. The molecule has 4 rings (SSSR count). The lowest BCUT2D eigenvalue weighted by Gasteiger charge is -2.51. The van der Waals surface area contributed by atoms with E-state index in [1.807, 2.05) is 18.2 Å². The van der Waals surface area contributed by atoms with E-state index in [0.717, 1.165) is 30.6 Å². The van der Waals surface area contributed by atoms with Crippen LogP contribution in [0, 0.1) is 0 Å². The summed E-state index contributed by atoms with van der Waals surface area (Å²) >= 11 is 5.45. The highest BCUT2D eigenvalue weighted by Crippen LogP contribution is 2.47. The number of thiocarbonyl (C=S) groups is 1. The number of carbonyl (C=O) groups excluding carboxylic acids is 1. The summed E-state index contributed by atoms with van der Waals surface area (Å²) in [5.41, 5.74) is 1.35. The lowest BCUT2D eigenvalue weighted by Crippen LogP contribution is -2.68. The maximum absolute atomic E-state index is 12.7. The average Bonchev–Trinajstić information content (AvgIpc) is 2.52. The average molecular weight is 356 g/mol. The molecule has 4 nitrogen and oxygen atoms in total. The number of ether oxygens (including phenoxy) is 1. The van der Waals surface area contributed by atoms with Crippen molar-refractivity contribution < 1.29 is 9.53 Å². The van der Waals surface area contributed by atoms with E-state index >= 15 is 0 Å². The predicted octanol–water partition coefficient (Wildman–Crippen LogP) is 3.54. The Morgan fingerprint density at radius 2 is 1.92 bits per heavy atom. The Balaban J connectivity index is 1.79. The topological polar surface area (TPSA) is 50.4 Å². The highest BCUT2D eigenvalue weighted by molar-refractivity contribution is 7.80. The number of allylic oxidation sites excluding steroid dienone is 2. The molecule has 0 bridgehead atoms. The number of benzene rings is 1. The van der Waals surface area contributed by atoms with E-state index in [0.29, 0.717) is 18.0 Å². The fourth-order valence-electron chi connectivity index (χ4n) is 4.54. The SMILES string of the molecule is CC1(C)C[C@]2(C[C@H](c3ccccc3)C3=C(CCCC3=O)O2)NC(=S)N1. The molecule has 0 radical (unpaired) electrons. The first kappa shape index (κ1) is 16.6. The molecule has 1 saturated heterocycles. The van der Waals surface area contributed by atoms with Crippen LogP contribution in [0.1, 0.15) is 57.4 Å². The fraction of sp³-hybridized carbons (Fsp3) is 0.500. The van der Waals surface area contributed by atoms with Gasteiger partial charge in [-0.1, -0.05) is 30.3 Å². The standard InChI is InChI=1S/C20H24N2O2S/c1-19(2)12-20(22-18(25)21-19)11-14(13-7-4-3-5-8-13)17-15(23)9-6-10-16(17)24-20/h3-5,7-8,14H,6,9-12H2,1-2H3,(H2,21,22,25)/t14-,20-/m1/s1. The van der Waals surface area contributed by atoms with Crippen molar-refractivity contribution in [3.63, 3.8) is 0 Å². The van der Waals surface area contributed by atoms with Gasteiger partial charge in [-0.2, -0.15) is 0 Å². The summed E-state index contributed by atoms with van der Waals surface area (Å²) in [6, 6.07) is 10.3. The molecule has 3 aliphatic rings. The third kappa shape index (κ3) is 3.06. The Hall–Kier alpha value is -1.88. The highest BCUT2D eigenvalue weighted by atomic mass is 32.1. The quantitative estimate of drug-likeness (QED) is 0.754. The Kier molecular flexibility index (Phi) is 3.87. The van der Waals surface area contributed by atoms with Crippen molar-refractivity contribution in [3.8, 4) is 0 Å². The predicted molar refractivity (Wildman–Crippen MR) is 101 cm³/mol. The lowest BCUT2D eigenvalue weighted by molar-refractivity contribution is -0.120. The molecule has 0 amide bonds. The molecule has 1 spiro atoms. The van der Waals surface area contributed by atoms with Crippen LogP contribution in [0.3, 0.4) is 0 Å². The molecule has 1 aliphatic carbocycles. The summed E-state index contributed by atoms with van der Waals surface area (Å²) in [6.07, 6.45) is 3.81. The molecule has 2 N–H and O–H groups in total. The van der Waals surface area contributed by atoms with E-state index in [4.69, 9.17) is 17.0 Å². The fourth-order valence-corrected chi connectivity index (χ4v) is 5.00. The molecule has 2 aliphatic heterocycles. The van der Waals surface area contributed by atoms with Crippen LogP contribution in [0.2, 0.25) is 0 Å². The number of Topliss-reactive ketones (excluding diaryl/α,β-unsaturated/α-hetero) is 1. The third-order valence-corrected chi connectivity index (χ3v) is 5.54. The monoisotopic (exact) mass is 356 g/mol. The van der Waals surface area contributed by atoms with Gasteiger partial charge in [-0.05, 0) is 38.0 Å². The van der Waals surface area contributed by atoms with Crippen molar-refractivity contribution >= 4 is 23.1 Å². The number of carbonyl (C=O) groups is 1. The maximum Gasteiger partial charge on any atom is 0.184 e. The Labute approximate surface area is 154 Å². The van der Waals surface area contributed by atoms with E-state index in [1.54, 1.807) is 0 Å². The Morgan fingerprint density at radius 1 is 1.16 bits per heavy atom. The highest BCUT2D eigenvalue weighted by Gasteiger charge is 2.50. The Morgan fingerprint density at radius 3 is 2.64 bits per heavy atom. The van der Waals surface area contributed by atoms with Crippen LogP contribution >= 0.6 is 12.2 Å². The van der Waals surface area contributed by atoms with Crippen molar-refractivity contribution in [2.75, 3.05) is 0 Å². The van der Waals surface area contributed by atoms with Gasteiger partial charge in [-0.3, -0.25) is 4.79 Å². The molecular formula is C20H24N2O2S. The molecule has 5 heteroatoms. The van der Waals surface area contributed by atoms with Gasteiger partial charge >= 0.3 is 0 Å². The first-order valence-corrected chi connectivity index (χ1v) is 9.39. The van der Waals surface area contributed by atoms with Gasteiger partial charge in [0.05, 0.1) is 0 Å². The zero-order valence-corrected chi connectivity index (χ0v) is 15.5. The van der Waals surface area contributed by atoms with Crippen LogP contribution in [0.4, 0.5) is 0 Å². The molecule has 2 heterocycles. The summed E-state index contributed by atoms with van der Waals surface area (Å²) in [5, 5.41) is 7.33. The second-order valence-electron chi connectivity index (χ2n) is 8.02. The van der Waals surface area contributed by atoms with Crippen molar-refractivity contribution in [2.24, 2.45) is 0 Å². The largest absolute Gasteiger partial charge is 0.472 e. The van der Waals surface area contributed by atoms with Crippen LogP contribution < -0.4 is 10.6 Å². The second-order valence-corrected chi connectivity index (χ2v) is 8.43. The minimum atomic E-state index is -0.553. The summed E-state index contributed by atoms with van der Waals surface area (Å²) in [7, 11) is 0. The van der Waals surface area contributed by atoms with Gasteiger partial charge in [-0.15, -0.1) is 0 Å². The van der Waals surface area contributed by atoms with Crippen LogP contribution in [0.5, 0.6) is 0 Å². The molecule has 0 saturated carbocycles. The summed E-state index contributed by atoms with van der Waals surface area (Å²) in [6.45, 7) is 4.28. The van der Waals surface area contributed by atoms with E-state index < -0.39 is 5.72 Å². The molecule has 132 valence electrons. The zero-order chi connectivity index (χ0) is 17.7. The molecular weight excluding hydrogens is 332 g/mol. The molecule has 1 fully saturated rings. The summed E-state index contributed by atoms with van der Waals surface area (Å²) < 4.78 is 6.47. The molecule has 1 aromatic carbocycles. The maximum atomic E-state index is 12.7. The van der Waals surface area contributed by atoms with Crippen LogP contribution in [0.25, 0.3) is 0 Å². The molecule has 0 aromatic heterocycles. The number of hydrogen-bond acceptors (Lipinski definition) is 3. The van der Waals surface area contributed by atoms with Gasteiger partial charge in [0.25, 0.3) is 0 Å². The molecule has 1 aromatic rings. The van der Waals surface area contributed by atoms with Crippen molar-refractivity contribution in [3.05, 3.63) is 47.2 Å². The van der Waals surface area contributed by atoms with Gasteiger partial charge in [0.1, 0.15) is 5.76 Å². The van der Waals surface area contributed by atoms with Gasteiger partial charge in [0.2, 0.25) is 0 Å². The van der Waals surface area contributed by atoms with Crippen LogP contribution in [-0.4, -0.2) is 22.2 Å². The van der Waals surface area contributed by atoms with Gasteiger partial charge < -0.3 is 15.4 Å². The summed E-state index contributed by atoms with van der Waals surface area (Å²) in [5.74, 6) is 1.16. The van der Waals surface area contributed by atoms with E-state index in [9.17, 15) is 4.79 Å². The number of nitrogens with one attached hydrogen (secondary N) is 2. The normalized spacial score (nSPS) is 31.0. The minimum absolute atomic E-state index is 0.0574. The van der Waals surface area contributed by atoms with E-state index in [-0.39, 0.29) is 17.2 Å². The van der Waals surface area contributed by atoms with E-state index in [2.05, 4.69) is 36.6 Å². The smallest absolute Gasteiger partial charge is 0.184 e. The lowest BCUT2D eigenvalue weighted by atomic mass is 9.73. The first-order chi connectivity index (χ1) is 11.9. The number of rotatable bonds is 1. The van der Waals surface area contributed by atoms with Crippen LogP contribution in [-0.2, 0) is 9.53 Å². The third-order valence-electron chi connectivity index (χ3n) is 5.33. The summed E-state index contributed by atoms with van der Waals surface area (Å²) in [4.78, 5) is 12.7.